The zero-order valence-electron chi connectivity index (χ0n) is 8.10. The highest BCUT2D eigenvalue weighted by molar-refractivity contribution is 5.52. The van der Waals surface area contributed by atoms with Crippen LogP contribution < -0.4 is 0 Å². The van der Waals surface area contributed by atoms with Crippen LogP contribution in [0.3, 0.4) is 0 Å². The number of rotatable bonds is 3. The molecule has 3 heteroatoms. The molecule has 0 aliphatic carbocycles. The van der Waals surface area contributed by atoms with Crippen LogP contribution >= 0.6 is 0 Å². The summed E-state index contributed by atoms with van der Waals surface area (Å²) in [4.78, 5) is 3.98. The fourth-order valence-corrected chi connectivity index (χ4v) is 1.40. The van der Waals surface area contributed by atoms with Crippen molar-refractivity contribution in [2.45, 2.75) is 19.8 Å². The minimum Gasteiger partial charge on any atom is -0.334 e. The Morgan fingerprint density at radius 3 is 2.57 bits per heavy atom. The van der Waals surface area contributed by atoms with Crippen molar-refractivity contribution in [3.05, 3.63) is 36.2 Å². The molecule has 1 aromatic carbocycles. The first kappa shape index (κ1) is 8.94. The van der Waals surface area contributed by atoms with E-state index in [0.29, 0.717) is 5.89 Å². The Kier molecular flexibility index (Phi) is 2.58. The summed E-state index contributed by atoms with van der Waals surface area (Å²) >= 11 is 0. The van der Waals surface area contributed by atoms with Crippen molar-refractivity contribution >= 4 is 0 Å². The molecule has 1 aromatic heterocycles. The van der Waals surface area contributed by atoms with Gasteiger partial charge < -0.3 is 4.52 Å². The average Bonchev–Trinajstić information content (AvgIpc) is 2.72. The van der Waals surface area contributed by atoms with E-state index in [4.69, 9.17) is 4.52 Å². The monoisotopic (exact) mass is 188 g/mol. The standard InChI is InChI=1S/C11H12N2O/c1-2-3-9-4-6-10(7-5-9)11-12-8-13-14-11/h4-8H,2-3H2,1H3. The lowest BCUT2D eigenvalue weighted by Crippen LogP contribution is -1.83. The summed E-state index contributed by atoms with van der Waals surface area (Å²) in [6, 6.07) is 8.23. The summed E-state index contributed by atoms with van der Waals surface area (Å²) in [6.45, 7) is 2.17. The first-order valence-corrected chi connectivity index (χ1v) is 4.76. The van der Waals surface area contributed by atoms with E-state index in [2.05, 4.69) is 29.2 Å². The van der Waals surface area contributed by atoms with Gasteiger partial charge in [0.15, 0.2) is 6.33 Å². The highest BCUT2D eigenvalue weighted by Crippen LogP contribution is 2.16. The normalized spacial score (nSPS) is 10.4. The maximum atomic E-state index is 4.96. The molecule has 0 fully saturated rings. The van der Waals surface area contributed by atoms with Crippen LogP contribution in [0.5, 0.6) is 0 Å². The van der Waals surface area contributed by atoms with Crippen LogP contribution in [-0.4, -0.2) is 10.1 Å². The molecule has 0 aliphatic heterocycles. The fraction of sp³-hybridized carbons (Fsp3) is 0.273. The van der Waals surface area contributed by atoms with Gasteiger partial charge in [0, 0.05) is 5.56 Å². The number of hydrogen-bond donors (Lipinski definition) is 0. The Morgan fingerprint density at radius 2 is 2.00 bits per heavy atom. The predicted molar refractivity (Wildman–Crippen MR) is 53.7 cm³/mol. The minimum absolute atomic E-state index is 0.577. The summed E-state index contributed by atoms with van der Waals surface area (Å²) in [5.41, 5.74) is 2.32. The molecular weight excluding hydrogens is 176 g/mol. The van der Waals surface area contributed by atoms with Crippen LogP contribution in [0.15, 0.2) is 35.1 Å². The van der Waals surface area contributed by atoms with Crippen molar-refractivity contribution in [1.29, 1.82) is 0 Å². The van der Waals surface area contributed by atoms with Crippen molar-refractivity contribution in [1.82, 2.24) is 10.1 Å². The number of hydrogen-bond acceptors (Lipinski definition) is 3. The third-order valence-electron chi connectivity index (χ3n) is 2.10. The van der Waals surface area contributed by atoms with Crippen molar-refractivity contribution in [3.63, 3.8) is 0 Å². The van der Waals surface area contributed by atoms with E-state index in [9.17, 15) is 0 Å². The molecular formula is C11H12N2O. The fourth-order valence-electron chi connectivity index (χ4n) is 1.40. The van der Waals surface area contributed by atoms with E-state index in [1.165, 1.54) is 18.3 Å². The Bertz CT molecular complexity index is 378. The smallest absolute Gasteiger partial charge is 0.257 e. The number of aromatic nitrogens is 2. The molecule has 2 aromatic rings. The Hall–Kier alpha value is -1.64. The van der Waals surface area contributed by atoms with E-state index < -0.39 is 0 Å². The lowest BCUT2D eigenvalue weighted by molar-refractivity contribution is 0.430. The largest absolute Gasteiger partial charge is 0.334 e. The van der Waals surface area contributed by atoms with Crippen LogP contribution in [0.25, 0.3) is 11.5 Å². The van der Waals surface area contributed by atoms with Crippen molar-refractivity contribution < 1.29 is 4.52 Å². The van der Waals surface area contributed by atoms with Gasteiger partial charge in [0.25, 0.3) is 5.89 Å². The lowest BCUT2D eigenvalue weighted by atomic mass is 10.1. The van der Waals surface area contributed by atoms with Gasteiger partial charge in [-0.15, -0.1) is 0 Å². The van der Waals surface area contributed by atoms with Crippen LogP contribution in [0.2, 0.25) is 0 Å². The van der Waals surface area contributed by atoms with Gasteiger partial charge in [-0.05, 0) is 24.1 Å². The number of nitrogens with zero attached hydrogens (tertiary/aromatic N) is 2. The molecule has 0 bridgehead atoms. The summed E-state index contributed by atoms with van der Waals surface area (Å²) in [5.74, 6) is 0.577. The predicted octanol–water partition coefficient (Wildman–Crippen LogP) is 2.69. The highest BCUT2D eigenvalue weighted by Gasteiger charge is 2.02. The zero-order chi connectivity index (χ0) is 9.80. The SMILES string of the molecule is CCCc1ccc(-c2ncno2)cc1. The van der Waals surface area contributed by atoms with Crippen molar-refractivity contribution in [2.24, 2.45) is 0 Å². The maximum absolute atomic E-state index is 4.96. The first-order valence-electron chi connectivity index (χ1n) is 4.76. The molecule has 0 aliphatic rings. The molecule has 0 N–H and O–H groups in total. The van der Waals surface area contributed by atoms with Crippen LogP contribution in [0, 0.1) is 0 Å². The molecule has 2 rings (SSSR count). The second-order valence-corrected chi connectivity index (χ2v) is 3.19. The van der Waals surface area contributed by atoms with Crippen molar-refractivity contribution in [2.75, 3.05) is 0 Å². The van der Waals surface area contributed by atoms with Gasteiger partial charge in [-0.25, -0.2) is 0 Å². The molecule has 0 saturated carbocycles. The summed E-state index contributed by atoms with van der Waals surface area (Å²) in [6.07, 6.45) is 3.69. The molecule has 0 saturated heterocycles. The van der Waals surface area contributed by atoms with E-state index in [-0.39, 0.29) is 0 Å². The first-order chi connectivity index (χ1) is 6.90. The van der Waals surface area contributed by atoms with E-state index in [0.717, 1.165) is 12.0 Å². The van der Waals surface area contributed by atoms with E-state index in [1.807, 2.05) is 12.1 Å². The Morgan fingerprint density at radius 1 is 1.21 bits per heavy atom. The third-order valence-corrected chi connectivity index (χ3v) is 2.10. The molecule has 14 heavy (non-hydrogen) atoms. The van der Waals surface area contributed by atoms with Gasteiger partial charge in [0.05, 0.1) is 0 Å². The van der Waals surface area contributed by atoms with E-state index in [1.54, 1.807) is 0 Å². The Balaban J connectivity index is 2.22. The molecule has 0 amide bonds. The van der Waals surface area contributed by atoms with Gasteiger partial charge in [0.2, 0.25) is 0 Å². The number of aryl methyl sites for hydroxylation is 1. The number of benzene rings is 1. The highest BCUT2D eigenvalue weighted by atomic mass is 16.5. The third kappa shape index (κ3) is 1.82. The molecule has 0 radical (unpaired) electrons. The summed E-state index contributed by atoms with van der Waals surface area (Å²) < 4.78 is 4.96. The summed E-state index contributed by atoms with van der Waals surface area (Å²) in [5, 5.41) is 3.57. The molecule has 0 spiro atoms. The second kappa shape index (κ2) is 4.05. The van der Waals surface area contributed by atoms with Crippen LogP contribution in [0.1, 0.15) is 18.9 Å². The summed E-state index contributed by atoms with van der Waals surface area (Å²) in [7, 11) is 0. The van der Waals surface area contributed by atoms with Crippen LogP contribution in [0.4, 0.5) is 0 Å². The topological polar surface area (TPSA) is 38.9 Å². The van der Waals surface area contributed by atoms with Gasteiger partial charge >= 0.3 is 0 Å². The zero-order valence-corrected chi connectivity index (χ0v) is 8.10. The molecule has 0 atom stereocenters. The average molecular weight is 188 g/mol. The van der Waals surface area contributed by atoms with Crippen LogP contribution in [-0.2, 0) is 6.42 Å². The molecule has 72 valence electrons. The van der Waals surface area contributed by atoms with Gasteiger partial charge in [-0.2, -0.15) is 4.98 Å². The second-order valence-electron chi connectivity index (χ2n) is 3.19. The van der Waals surface area contributed by atoms with Crippen molar-refractivity contribution in [3.8, 4) is 11.5 Å². The van der Waals surface area contributed by atoms with Gasteiger partial charge in [-0.1, -0.05) is 30.6 Å². The maximum Gasteiger partial charge on any atom is 0.257 e. The lowest BCUT2D eigenvalue weighted by Gasteiger charge is -1.98. The minimum atomic E-state index is 0.577. The Labute approximate surface area is 82.8 Å². The van der Waals surface area contributed by atoms with E-state index >= 15 is 0 Å². The quantitative estimate of drug-likeness (QED) is 0.743. The van der Waals surface area contributed by atoms with Gasteiger partial charge in [0.1, 0.15) is 0 Å². The molecule has 3 nitrogen and oxygen atoms in total. The molecule has 1 heterocycles. The van der Waals surface area contributed by atoms with Gasteiger partial charge in [-0.3, -0.25) is 0 Å². The molecule has 0 unspecified atom stereocenters.